The molecule has 0 heterocycles. The molecule has 0 saturated carbocycles. The van der Waals surface area contributed by atoms with Crippen LogP contribution in [0.5, 0.6) is 5.75 Å². The molecule has 0 saturated heterocycles. The monoisotopic (exact) mass is 392 g/mol. The molecule has 3 nitrogen and oxygen atoms in total. The van der Waals surface area contributed by atoms with Gasteiger partial charge in [0.2, 0.25) is 5.82 Å². The van der Waals surface area contributed by atoms with Gasteiger partial charge in [-0.1, -0.05) is 19.1 Å². The fourth-order valence-corrected chi connectivity index (χ4v) is 3.03. The van der Waals surface area contributed by atoms with Crippen molar-refractivity contribution in [2.45, 2.75) is 45.4 Å². The highest BCUT2D eigenvalue weighted by Gasteiger charge is 2.20. The molecule has 2 rings (SSSR count). The standard InChI is InChI=1S/C22H23F3O3/c1-3-5-16(27)8-6-15(13-26)17-9-7-14(12-19(17)23)18-10-11-20(28-4-2)22(25)21(18)24/h7,9-13,15H,3-6,8H2,1-2H3. The number of ether oxygens (including phenoxy) is 1. The molecule has 2 aromatic rings. The van der Waals surface area contributed by atoms with Gasteiger partial charge >= 0.3 is 0 Å². The lowest BCUT2D eigenvalue weighted by Gasteiger charge is -2.14. The van der Waals surface area contributed by atoms with Crippen LogP contribution in [0.25, 0.3) is 11.1 Å². The van der Waals surface area contributed by atoms with Gasteiger partial charge in [0.1, 0.15) is 17.9 Å². The summed E-state index contributed by atoms with van der Waals surface area (Å²) in [6, 6.07) is 6.48. The summed E-state index contributed by atoms with van der Waals surface area (Å²) in [7, 11) is 0. The van der Waals surface area contributed by atoms with E-state index in [2.05, 4.69) is 0 Å². The van der Waals surface area contributed by atoms with Crippen molar-refractivity contribution in [2.24, 2.45) is 0 Å². The first-order valence-corrected chi connectivity index (χ1v) is 9.30. The van der Waals surface area contributed by atoms with E-state index in [1.54, 1.807) is 6.92 Å². The molecule has 0 aliphatic rings. The van der Waals surface area contributed by atoms with E-state index >= 15 is 0 Å². The van der Waals surface area contributed by atoms with Gasteiger partial charge in [0, 0.05) is 24.3 Å². The van der Waals surface area contributed by atoms with E-state index in [1.807, 2.05) is 6.92 Å². The number of aldehydes is 1. The number of hydrogen-bond donors (Lipinski definition) is 0. The van der Waals surface area contributed by atoms with Gasteiger partial charge in [-0.05, 0) is 49.1 Å². The summed E-state index contributed by atoms with van der Waals surface area (Å²) in [6.07, 6.45) is 2.16. The van der Waals surface area contributed by atoms with E-state index in [1.165, 1.54) is 24.3 Å². The maximum Gasteiger partial charge on any atom is 0.201 e. The van der Waals surface area contributed by atoms with Gasteiger partial charge in [-0.3, -0.25) is 4.79 Å². The van der Waals surface area contributed by atoms with Crippen molar-refractivity contribution < 1.29 is 27.5 Å². The van der Waals surface area contributed by atoms with Gasteiger partial charge in [-0.2, -0.15) is 4.39 Å². The fourth-order valence-electron chi connectivity index (χ4n) is 3.03. The van der Waals surface area contributed by atoms with Gasteiger partial charge in [0.05, 0.1) is 6.61 Å². The first-order chi connectivity index (χ1) is 13.4. The number of benzene rings is 2. The summed E-state index contributed by atoms with van der Waals surface area (Å²) in [4.78, 5) is 23.0. The number of carbonyl (C=O) groups excluding carboxylic acids is 2. The van der Waals surface area contributed by atoms with Crippen LogP contribution in [0.1, 0.15) is 51.0 Å². The number of Topliss-reactive ketones (excluding diaryl/α,β-unsaturated/α-hetero) is 1. The molecule has 0 N–H and O–H groups in total. The Morgan fingerprint density at radius 3 is 2.43 bits per heavy atom. The first-order valence-electron chi connectivity index (χ1n) is 9.30. The highest BCUT2D eigenvalue weighted by atomic mass is 19.2. The topological polar surface area (TPSA) is 43.4 Å². The number of carbonyl (C=O) groups is 2. The van der Waals surface area contributed by atoms with E-state index in [0.29, 0.717) is 12.7 Å². The Balaban J connectivity index is 2.27. The Bertz CT molecular complexity index is 849. The number of rotatable bonds is 10. The Hall–Kier alpha value is -2.63. The molecule has 0 aliphatic carbocycles. The SMILES string of the molecule is CCCC(=O)CCC(C=O)c1ccc(-c2ccc(OCC)c(F)c2F)cc1F. The third kappa shape index (κ3) is 5.00. The highest BCUT2D eigenvalue weighted by Crippen LogP contribution is 2.32. The molecule has 2 aromatic carbocycles. The Morgan fingerprint density at radius 2 is 1.82 bits per heavy atom. The van der Waals surface area contributed by atoms with E-state index in [4.69, 9.17) is 4.74 Å². The summed E-state index contributed by atoms with van der Waals surface area (Å²) in [5, 5.41) is 0. The minimum atomic E-state index is -1.14. The summed E-state index contributed by atoms with van der Waals surface area (Å²) >= 11 is 0. The lowest BCUT2D eigenvalue weighted by atomic mass is 9.91. The van der Waals surface area contributed by atoms with Crippen LogP contribution in [0.3, 0.4) is 0 Å². The van der Waals surface area contributed by atoms with E-state index < -0.39 is 23.4 Å². The molecule has 0 aromatic heterocycles. The maximum atomic E-state index is 14.6. The Morgan fingerprint density at radius 1 is 1.07 bits per heavy atom. The lowest BCUT2D eigenvalue weighted by molar-refractivity contribution is -0.119. The third-order valence-corrected chi connectivity index (χ3v) is 4.48. The third-order valence-electron chi connectivity index (χ3n) is 4.48. The smallest absolute Gasteiger partial charge is 0.201 e. The van der Waals surface area contributed by atoms with E-state index in [-0.39, 0.29) is 47.7 Å². The maximum absolute atomic E-state index is 14.6. The fraction of sp³-hybridized carbons (Fsp3) is 0.364. The Labute approximate surface area is 162 Å². The summed E-state index contributed by atoms with van der Waals surface area (Å²) < 4.78 is 48.0. The molecule has 1 unspecified atom stereocenters. The molecular weight excluding hydrogens is 369 g/mol. The van der Waals surface area contributed by atoms with Crippen molar-refractivity contribution in [1.29, 1.82) is 0 Å². The molecule has 0 aliphatic heterocycles. The van der Waals surface area contributed by atoms with Crippen LogP contribution in [-0.4, -0.2) is 18.7 Å². The van der Waals surface area contributed by atoms with Crippen molar-refractivity contribution >= 4 is 12.1 Å². The predicted molar refractivity (Wildman–Crippen MR) is 101 cm³/mol. The molecule has 0 radical (unpaired) electrons. The van der Waals surface area contributed by atoms with Crippen LogP contribution in [0.15, 0.2) is 30.3 Å². The van der Waals surface area contributed by atoms with Gasteiger partial charge in [0.25, 0.3) is 0 Å². The van der Waals surface area contributed by atoms with Crippen LogP contribution in [-0.2, 0) is 9.59 Å². The second kappa shape index (κ2) is 10.1. The summed E-state index contributed by atoms with van der Waals surface area (Å²) in [6.45, 7) is 3.72. The van der Waals surface area contributed by atoms with Crippen LogP contribution in [0, 0.1) is 17.5 Å². The molecular formula is C22H23F3O3. The lowest BCUT2D eigenvalue weighted by Crippen LogP contribution is -2.07. The molecule has 28 heavy (non-hydrogen) atoms. The quantitative estimate of drug-likeness (QED) is 0.494. The Kier molecular flexibility index (Phi) is 7.79. The van der Waals surface area contributed by atoms with Gasteiger partial charge in [-0.25, -0.2) is 8.78 Å². The van der Waals surface area contributed by atoms with Gasteiger partial charge < -0.3 is 9.53 Å². The van der Waals surface area contributed by atoms with Gasteiger partial charge in [0.15, 0.2) is 11.6 Å². The average Bonchev–Trinajstić information content (AvgIpc) is 2.67. The largest absolute Gasteiger partial charge is 0.491 e. The number of hydrogen-bond acceptors (Lipinski definition) is 3. The first kappa shape index (κ1) is 21.7. The number of ketones is 1. The molecule has 0 fully saturated rings. The van der Waals surface area contributed by atoms with Gasteiger partial charge in [-0.15, -0.1) is 0 Å². The van der Waals surface area contributed by atoms with E-state index in [9.17, 15) is 22.8 Å². The predicted octanol–water partition coefficient (Wildman–Crippen LogP) is 5.60. The molecule has 1 atom stereocenters. The summed E-state index contributed by atoms with van der Waals surface area (Å²) in [5.74, 6) is -3.92. The van der Waals surface area contributed by atoms with Crippen molar-refractivity contribution in [3.63, 3.8) is 0 Å². The van der Waals surface area contributed by atoms with Crippen LogP contribution < -0.4 is 4.74 Å². The average molecular weight is 392 g/mol. The van der Waals surface area contributed by atoms with Crippen molar-refractivity contribution in [3.05, 3.63) is 53.3 Å². The number of halogens is 3. The van der Waals surface area contributed by atoms with Crippen LogP contribution >= 0.6 is 0 Å². The highest BCUT2D eigenvalue weighted by molar-refractivity contribution is 5.79. The molecule has 0 bridgehead atoms. The second-order valence-corrected chi connectivity index (χ2v) is 6.48. The normalized spacial score (nSPS) is 11.9. The molecule has 0 amide bonds. The van der Waals surface area contributed by atoms with Crippen LogP contribution in [0.4, 0.5) is 13.2 Å². The summed E-state index contributed by atoms with van der Waals surface area (Å²) in [5.41, 5.74) is 0.175. The molecule has 0 spiro atoms. The minimum Gasteiger partial charge on any atom is -0.491 e. The zero-order chi connectivity index (χ0) is 20.7. The zero-order valence-electron chi connectivity index (χ0n) is 15.9. The zero-order valence-corrected chi connectivity index (χ0v) is 15.9. The molecule has 6 heteroatoms. The van der Waals surface area contributed by atoms with Crippen molar-refractivity contribution in [1.82, 2.24) is 0 Å². The minimum absolute atomic E-state index is 0.0262. The van der Waals surface area contributed by atoms with Crippen molar-refractivity contribution in [2.75, 3.05) is 6.61 Å². The molecule has 150 valence electrons. The second-order valence-electron chi connectivity index (χ2n) is 6.48. The van der Waals surface area contributed by atoms with Crippen molar-refractivity contribution in [3.8, 4) is 16.9 Å². The van der Waals surface area contributed by atoms with Crippen LogP contribution in [0.2, 0.25) is 0 Å². The van der Waals surface area contributed by atoms with E-state index in [0.717, 1.165) is 12.5 Å².